The summed E-state index contributed by atoms with van der Waals surface area (Å²) in [4.78, 5) is 7.46. The molecular formula is C13H19NO5S. The summed E-state index contributed by atoms with van der Waals surface area (Å²) >= 11 is 0. The Kier molecular flexibility index (Phi) is 4.85. The van der Waals surface area contributed by atoms with Gasteiger partial charge in [0.25, 0.3) is 10.0 Å². The van der Waals surface area contributed by atoms with E-state index in [4.69, 9.17) is 14.3 Å². The Morgan fingerprint density at radius 1 is 1.15 bits per heavy atom. The second-order valence-corrected chi connectivity index (χ2v) is 6.24. The quantitative estimate of drug-likeness (QED) is 0.812. The lowest BCUT2D eigenvalue weighted by Gasteiger charge is -2.14. The highest BCUT2D eigenvalue weighted by Gasteiger charge is 2.23. The normalized spacial score (nSPS) is 16.3. The minimum atomic E-state index is -3.77. The van der Waals surface area contributed by atoms with E-state index in [2.05, 4.69) is 4.89 Å². The van der Waals surface area contributed by atoms with E-state index in [1.54, 1.807) is 6.07 Å². The van der Waals surface area contributed by atoms with Crippen LogP contribution in [0.1, 0.15) is 25.7 Å². The van der Waals surface area contributed by atoms with Crippen LogP contribution in [0.4, 0.5) is 0 Å². The molecule has 1 saturated carbocycles. The predicted molar refractivity (Wildman–Crippen MR) is 73.2 cm³/mol. The Bertz CT molecular complexity index is 552. The molecule has 6 nitrogen and oxygen atoms in total. The van der Waals surface area contributed by atoms with E-state index < -0.39 is 10.0 Å². The molecule has 2 rings (SSSR count). The lowest BCUT2D eigenvalue weighted by molar-refractivity contribution is 0.0223. The molecule has 0 atom stereocenters. The molecule has 0 bridgehead atoms. The van der Waals surface area contributed by atoms with E-state index in [1.165, 1.54) is 26.4 Å². The Morgan fingerprint density at radius 2 is 1.85 bits per heavy atom. The van der Waals surface area contributed by atoms with Crippen molar-refractivity contribution in [1.29, 1.82) is 0 Å². The van der Waals surface area contributed by atoms with Gasteiger partial charge in [0.2, 0.25) is 0 Å². The van der Waals surface area contributed by atoms with Crippen molar-refractivity contribution in [3.63, 3.8) is 0 Å². The summed E-state index contributed by atoms with van der Waals surface area (Å²) in [7, 11) is -0.856. The number of nitrogens with one attached hydrogen (secondary N) is 1. The van der Waals surface area contributed by atoms with Crippen LogP contribution < -0.4 is 14.4 Å². The molecular weight excluding hydrogens is 282 g/mol. The lowest BCUT2D eigenvalue weighted by Crippen LogP contribution is -2.28. The molecule has 7 heteroatoms. The number of hydrogen-bond acceptors (Lipinski definition) is 5. The predicted octanol–water partition coefficient (Wildman–Crippen LogP) is 1.86. The SMILES string of the molecule is COc1ccc(S(=O)(=O)NOC2CCCC2)c(OC)c1. The van der Waals surface area contributed by atoms with Gasteiger partial charge in [-0.1, -0.05) is 17.7 Å². The van der Waals surface area contributed by atoms with Crippen LogP contribution in [0.15, 0.2) is 23.1 Å². The molecule has 1 N–H and O–H groups in total. The van der Waals surface area contributed by atoms with Gasteiger partial charge in [-0.25, -0.2) is 8.42 Å². The number of rotatable bonds is 6. The van der Waals surface area contributed by atoms with Crippen LogP contribution in [0.2, 0.25) is 0 Å². The van der Waals surface area contributed by atoms with E-state index in [-0.39, 0.29) is 16.7 Å². The van der Waals surface area contributed by atoms with Gasteiger partial charge in [0.1, 0.15) is 16.4 Å². The molecule has 1 aromatic carbocycles. The molecule has 1 aliphatic carbocycles. The van der Waals surface area contributed by atoms with Crippen molar-refractivity contribution >= 4 is 10.0 Å². The molecule has 0 amide bonds. The van der Waals surface area contributed by atoms with E-state index in [9.17, 15) is 8.42 Å². The van der Waals surface area contributed by atoms with Crippen molar-refractivity contribution in [1.82, 2.24) is 4.89 Å². The first kappa shape index (κ1) is 15.1. The van der Waals surface area contributed by atoms with Gasteiger partial charge in [0, 0.05) is 6.07 Å². The second kappa shape index (κ2) is 6.43. The first-order valence-electron chi connectivity index (χ1n) is 6.46. The van der Waals surface area contributed by atoms with E-state index >= 15 is 0 Å². The van der Waals surface area contributed by atoms with Crippen molar-refractivity contribution in [2.45, 2.75) is 36.7 Å². The molecule has 20 heavy (non-hydrogen) atoms. The van der Waals surface area contributed by atoms with Gasteiger partial charge in [-0.15, -0.1) is 0 Å². The maximum absolute atomic E-state index is 12.2. The van der Waals surface area contributed by atoms with Crippen LogP contribution in [-0.4, -0.2) is 28.7 Å². The average Bonchev–Trinajstić information content (AvgIpc) is 2.97. The summed E-state index contributed by atoms with van der Waals surface area (Å²) < 4.78 is 34.6. The number of methoxy groups -OCH3 is 2. The van der Waals surface area contributed by atoms with E-state index in [0.717, 1.165) is 25.7 Å². The molecule has 0 heterocycles. The molecule has 0 unspecified atom stereocenters. The first-order valence-corrected chi connectivity index (χ1v) is 7.94. The minimum absolute atomic E-state index is 0.0267. The molecule has 112 valence electrons. The maximum Gasteiger partial charge on any atom is 0.266 e. The third-order valence-electron chi connectivity index (χ3n) is 3.29. The number of sulfonamides is 1. The van der Waals surface area contributed by atoms with Gasteiger partial charge < -0.3 is 9.47 Å². The van der Waals surface area contributed by atoms with Crippen LogP contribution in [0, 0.1) is 0 Å². The fourth-order valence-electron chi connectivity index (χ4n) is 2.18. The smallest absolute Gasteiger partial charge is 0.266 e. The number of benzene rings is 1. The Hall–Kier alpha value is -1.31. The van der Waals surface area contributed by atoms with Crippen LogP contribution in [0.5, 0.6) is 11.5 Å². The fourth-order valence-corrected chi connectivity index (χ4v) is 3.19. The van der Waals surface area contributed by atoms with Crippen LogP contribution in [-0.2, 0) is 14.9 Å². The lowest BCUT2D eigenvalue weighted by atomic mass is 10.3. The third kappa shape index (κ3) is 3.41. The fraction of sp³-hybridized carbons (Fsp3) is 0.538. The molecule has 1 fully saturated rings. The van der Waals surface area contributed by atoms with E-state index in [1.807, 2.05) is 0 Å². The van der Waals surface area contributed by atoms with Crippen molar-refractivity contribution in [2.75, 3.05) is 14.2 Å². The summed E-state index contributed by atoms with van der Waals surface area (Å²) in [5.74, 6) is 0.740. The van der Waals surface area contributed by atoms with Gasteiger partial charge >= 0.3 is 0 Å². The molecule has 0 radical (unpaired) electrons. The van der Waals surface area contributed by atoms with Crippen LogP contribution >= 0.6 is 0 Å². The molecule has 0 aliphatic heterocycles. The molecule has 1 aliphatic rings. The van der Waals surface area contributed by atoms with Crippen molar-refractivity contribution in [2.24, 2.45) is 0 Å². The first-order chi connectivity index (χ1) is 9.56. The summed E-state index contributed by atoms with van der Waals surface area (Å²) in [6.07, 6.45) is 3.84. The van der Waals surface area contributed by atoms with Crippen LogP contribution in [0.3, 0.4) is 0 Å². The van der Waals surface area contributed by atoms with Crippen molar-refractivity contribution in [3.8, 4) is 11.5 Å². The van der Waals surface area contributed by atoms with Crippen LogP contribution in [0.25, 0.3) is 0 Å². The van der Waals surface area contributed by atoms with Crippen molar-refractivity contribution in [3.05, 3.63) is 18.2 Å². The minimum Gasteiger partial charge on any atom is -0.497 e. The summed E-state index contributed by atoms with van der Waals surface area (Å²) in [5, 5.41) is 0. The second-order valence-electron chi connectivity index (χ2n) is 4.63. The summed E-state index contributed by atoms with van der Waals surface area (Å²) in [5.41, 5.74) is 0. The molecule has 0 saturated heterocycles. The highest BCUT2D eigenvalue weighted by Crippen LogP contribution is 2.28. The van der Waals surface area contributed by atoms with Gasteiger partial charge in [0.05, 0.1) is 20.3 Å². The topological polar surface area (TPSA) is 73.9 Å². The van der Waals surface area contributed by atoms with Gasteiger partial charge in [-0.2, -0.15) is 0 Å². The Morgan fingerprint density at radius 3 is 2.45 bits per heavy atom. The zero-order chi connectivity index (χ0) is 14.6. The number of hydrogen-bond donors (Lipinski definition) is 1. The zero-order valence-electron chi connectivity index (χ0n) is 11.6. The molecule has 1 aromatic rings. The average molecular weight is 301 g/mol. The molecule has 0 aromatic heterocycles. The van der Waals surface area contributed by atoms with Gasteiger partial charge in [-0.05, 0) is 25.0 Å². The largest absolute Gasteiger partial charge is 0.497 e. The Labute approximate surface area is 119 Å². The molecule has 0 spiro atoms. The summed E-state index contributed by atoms with van der Waals surface area (Å²) in [6, 6.07) is 4.51. The van der Waals surface area contributed by atoms with Gasteiger partial charge in [-0.3, -0.25) is 4.84 Å². The highest BCUT2D eigenvalue weighted by molar-refractivity contribution is 7.89. The Balaban J connectivity index is 2.15. The van der Waals surface area contributed by atoms with Crippen molar-refractivity contribution < 1.29 is 22.7 Å². The maximum atomic E-state index is 12.2. The number of ether oxygens (including phenoxy) is 2. The zero-order valence-corrected chi connectivity index (χ0v) is 12.4. The third-order valence-corrected chi connectivity index (χ3v) is 4.52. The highest BCUT2D eigenvalue weighted by atomic mass is 32.2. The standard InChI is InChI=1S/C13H19NO5S/c1-17-11-7-8-13(12(9-11)18-2)20(15,16)14-19-10-5-3-4-6-10/h7-10,14H,3-6H2,1-2H3. The monoisotopic (exact) mass is 301 g/mol. The van der Waals surface area contributed by atoms with E-state index in [0.29, 0.717) is 5.75 Å². The van der Waals surface area contributed by atoms with Gasteiger partial charge in [0.15, 0.2) is 0 Å². The summed E-state index contributed by atoms with van der Waals surface area (Å²) in [6.45, 7) is 0.